The van der Waals surface area contributed by atoms with Gasteiger partial charge in [-0.05, 0) is 46.2 Å². The third-order valence-electron chi connectivity index (χ3n) is 5.90. The van der Waals surface area contributed by atoms with Crippen LogP contribution in [0, 0.1) is 0 Å². The molecule has 1 heterocycles. The van der Waals surface area contributed by atoms with Crippen LogP contribution in [0.3, 0.4) is 0 Å². The highest BCUT2D eigenvalue weighted by Crippen LogP contribution is 2.42. The van der Waals surface area contributed by atoms with Gasteiger partial charge in [-0.15, -0.1) is 0 Å². The quantitative estimate of drug-likeness (QED) is 0.362. The zero-order chi connectivity index (χ0) is 20.9. The summed E-state index contributed by atoms with van der Waals surface area (Å²) in [5.41, 5.74) is 6.40. The van der Waals surface area contributed by atoms with E-state index < -0.39 is 0 Å². The van der Waals surface area contributed by atoms with Gasteiger partial charge in [0.1, 0.15) is 5.75 Å². The van der Waals surface area contributed by atoms with E-state index >= 15 is 0 Å². The van der Waals surface area contributed by atoms with Gasteiger partial charge in [-0.25, -0.2) is 4.98 Å². The zero-order valence-electron chi connectivity index (χ0n) is 16.5. The third kappa shape index (κ3) is 2.75. The van der Waals surface area contributed by atoms with Crippen LogP contribution in [0.5, 0.6) is 5.75 Å². The highest BCUT2D eigenvalue weighted by molar-refractivity contribution is 6.24. The Hall–Kier alpha value is -4.24. The molecule has 0 radical (unpaired) electrons. The third-order valence-corrected chi connectivity index (χ3v) is 5.90. The van der Waals surface area contributed by atoms with Crippen molar-refractivity contribution in [3.05, 3.63) is 108 Å². The number of carbonyl (C=O) groups excluding carboxylic acids is 1. The second-order valence-electron chi connectivity index (χ2n) is 7.76. The maximum Gasteiger partial charge on any atom is 0.196 e. The Kier molecular flexibility index (Phi) is 3.77. The van der Waals surface area contributed by atoms with Crippen molar-refractivity contribution in [2.75, 3.05) is 0 Å². The van der Waals surface area contributed by atoms with Gasteiger partial charge >= 0.3 is 0 Å². The van der Waals surface area contributed by atoms with Crippen LogP contribution in [0.25, 0.3) is 44.4 Å². The van der Waals surface area contributed by atoms with Crippen LogP contribution in [0.2, 0.25) is 0 Å². The molecule has 3 heteroatoms. The highest BCUT2D eigenvalue weighted by atomic mass is 16.3. The molecule has 0 saturated heterocycles. The van der Waals surface area contributed by atoms with E-state index in [1.54, 1.807) is 12.1 Å². The van der Waals surface area contributed by atoms with Gasteiger partial charge in [0.05, 0.1) is 17.0 Å². The highest BCUT2D eigenvalue weighted by Gasteiger charge is 2.31. The fourth-order valence-electron chi connectivity index (χ4n) is 4.36. The van der Waals surface area contributed by atoms with Crippen molar-refractivity contribution in [1.82, 2.24) is 4.98 Å². The summed E-state index contributed by atoms with van der Waals surface area (Å²) in [4.78, 5) is 18.2. The predicted molar refractivity (Wildman–Crippen MR) is 123 cm³/mol. The molecule has 0 saturated carbocycles. The topological polar surface area (TPSA) is 50.2 Å². The number of rotatable bonds is 2. The standard InChI is InChI=1S/C28H17NO2/c30-21-13-11-18(12-14-21)24-16-25(20-10-9-17-5-1-2-6-19(17)15-20)29-27-22-7-3-4-8-23(22)28(31)26(24)27/h1-16,30H. The van der Waals surface area contributed by atoms with E-state index in [2.05, 4.69) is 30.3 Å². The summed E-state index contributed by atoms with van der Waals surface area (Å²) in [6, 6.07) is 31.1. The Morgan fingerprint density at radius 3 is 2.10 bits per heavy atom. The summed E-state index contributed by atoms with van der Waals surface area (Å²) in [7, 11) is 0. The smallest absolute Gasteiger partial charge is 0.196 e. The largest absolute Gasteiger partial charge is 0.508 e. The number of hydrogen-bond acceptors (Lipinski definition) is 3. The van der Waals surface area contributed by atoms with Crippen LogP contribution < -0.4 is 0 Å². The van der Waals surface area contributed by atoms with Gasteiger partial charge in [0.25, 0.3) is 0 Å². The average Bonchev–Trinajstić information content (AvgIpc) is 3.11. The van der Waals surface area contributed by atoms with E-state index in [0.29, 0.717) is 16.8 Å². The van der Waals surface area contributed by atoms with Crippen molar-refractivity contribution in [2.24, 2.45) is 0 Å². The Morgan fingerprint density at radius 2 is 1.29 bits per heavy atom. The monoisotopic (exact) mass is 399 g/mol. The first kappa shape index (κ1) is 17.6. The molecule has 5 aromatic rings. The Labute approximate surface area is 179 Å². The van der Waals surface area contributed by atoms with Crippen LogP contribution in [0.4, 0.5) is 0 Å². The van der Waals surface area contributed by atoms with Gasteiger partial charge in [0.15, 0.2) is 5.78 Å². The van der Waals surface area contributed by atoms with Gasteiger partial charge in [0, 0.05) is 16.7 Å². The Morgan fingerprint density at radius 1 is 0.613 bits per heavy atom. The number of benzene rings is 4. The van der Waals surface area contributed by atoms with Crippen molar-refractivity contribution in [3.8, 4) is 39.4 Å². The van der Waals surface area contributed by atoms with E-state index in [1.165, 1.54) is 5.39 Å². The summed E-state index contributed by atoms with van der Waals surface area (Å²) < 4.78 is 0. The van der Waals surface area contributed by atoms with Crippen LogP contribution in [-0.2, 0) is 0 Å². The zero-order valence-corrected chi connectivity index (χ0v) is 16.5. The number of hydrogen-bond donors (Lipinski definition) is 1. The molecular weight excluding hydrogens is 382 g/mol. The Balaban J connectivity index is 1.64. The van der Waals surface area contributed by atoms with Crippen molar-refractivity contribution in [1.29, 1.82) is 0 Å². The van der Waals surface area contributed by atoms with Gasteiger partial charge in [0.2, 0.25) is 0 Å². The van der Waals surface area contributed by atoms with Crippen molar-refractivity contribution < 1.29 is 9.90 Å². The number of pyridine rings is 1. The number of carbonyl (C=O) groups is 1. The molecule has 0 spiro atoms. The van der Waals surface area contributed by atoms with Crippen molar-refractivity contribution in [3.63, 3.8) is 0 Å². The molecule has 6 rings (SSSR count). The Bertz CT molecular complexity index is 1500. The molecule has 31 heavy (non-hydrogen) atoms. The predicted octanol–water partition coefficient (Wildman–Crippen LogP) is 6.49. The lowest BCUT2D eigenvalue weighted by Crippen LogP contribution is -2.00. The maximum atomic E-state index is 13.3. The van der Waals surface area contributed by atoms with Crippen LogP contribution in [-0.4, -0.2) is 15.9 Å². The molecule has 0 fully saturated rings. The van der Waals surface area contributed by atoms with Gasteiger partial charge in [-0.3, -0.25) is 4.79 Å². The first-order valence-electron chi connectivity index (χ1n) is 10.2. The molecule has 3 nitrogen and oxygen atoms in total. The van der Waals surface area contributed by atoms with Crippen molar-refractivity contribution in [2.45, 2.75) is 0 Å². The molecule has 0 atom stereocenters. The molecule has 146 valence electrons. The normalized spacial score (nSPS) is 12.1. The first-order valence-corrected chi connectivity index (χ1v) is 10.2. The summed E-state index contributed by atoms with van der Waals surface area (Å²) in [6.45, 7) is 0. The SMILES string of the molecule is O=C1c2ccccc2-c2nc(-c3ccc4ccccc4c3)cc(-c3ccc(O)cc3)c21. The van der Waals surface area contributed by atoms with Crippen LogP contribution >= 0.6 is 0 Å². The number of phenols is 1. The van der Waals surface area contributed by atoms with Crippen LogP contribution in [0.15, 0.2) is 97.1 Å². The van der Waals surface area contributed by atoms with E-state index in [4.69, 9.17) is 4.98 Å². The lowest BCUT2D eigenvalue weighted by Gasteiger charge is -2.12. The van der Waals surface area contributed by atoms with Crippen LogP contribution in [0.1, 0.15) is 15.9 Å². The minimum Gasteiger partial charge on any atom is -0.508 e. The number of ketones is 1. The molecule has 1 aliphatic carbocycles. The molecule has 1 N–H and O–H groups in total. The van der Waals surface area contributed by atoms with E-state index in [-0.39, 0.29) is 11.5 Å². The number of aromatic hydroxyl groups is 1. The second kappa shape index (κ2) is 6.64. The number of fused-ring (bicyclic) bond motifs is 4. The lowest BCUT2D eigenvalue weighted by atomic mass is 9.95. The molecule has 1 aliphatic rings. The first-order chi connectivity index (χ1) is 15.2. The molecule has 0 bridgehead atoms. The fourth-order valence-corrected chi connectivity index (χ4v) is 4.36. The van der Waals surface area contributed by atoms with E-state index in [9.17, 15) is 9.90 Å². The summed E-state index contributed by atoms with van der Waals surface area (Å²) in [5, 5.41) is 12.1. The average molecular weight is 399 g/mol. The molecule has 0 unspecified atom stereocenters. The minimum absolute atomic E-state index is 0.00811. The van der Waals surface area contributed by atoms with Crippen molar-refractivity contribution >= 4 is 16.6 Å². The number of aromatic nitrogens is 1. The van der Waals surface area contributed by atoms with Gasteiger partial charge in [-0.1, -0.05) is 72.8 Å². The molecule has 1 aromatic heterocycles. The molecule has 0 amide bonds. The maximum absolute atomic E-state index is 13.3. The summed E-state index contributed by atoms with van der Waals surface area (Å²) in [5.74, 6) is 0.185. The van der Waals surface area contributed by atoms with Gasteiger partial charge in [-0.2, -0.15) is 0 Å². The summed E-state index contributed by atoms with van der Waals surface area (Å²) >= 11 is 0. The van der Waals surface area contributed by atoms with E-state index in [0.717, 1.165) is 33.3 Å². The van der Waals surface area contributed by atoms with Gasteiger partial charge < -0.3 is 5.11 Å². The lowest BCUT2D eigenvalue weighted by molar-refractivity contribution is 0.104. The fraction of sp³-hybridized carbons (Fsp3) is 0. The second-order valence-corrected chi connectivity index (χ2v) is 7.76. The number of nitrogens with zero attached hydrogens (tertiary/aromatic N) is 1. The summed E-state index contributed by atoms with van der Waals surface area (Å²) in [6.07, 6.45) is 0. The molecular formula is C28H17NO2. The molecule has 4 aromatic carbocycles. The number of phenolic OH excluding ortho intramolecular Hbond substituents is 1. The molecule has 0 aliphatic heterocycles. The minimum atomic E-state index is -0.00811. The van der Waals surface area contributed by atoms with E-state index in [1.807, 2.05) is 54.6 Å².